The molecule has 202 valence electrons. The van der Waals surface area contributed by atoms with Crippen molar-refractivity contribution in [3.05, 3.63) is 35.9 Å². The first kappa shape index (κ1) is 28.2. The number of hydrogen-bond acceptors (Lipinski definition) is 8. The van der Waals surface area contributed by atoms with Gasteiger partial charge in [-0.25, -0.2) is 9.59 Å². The summed E-state index contributed by atoms with van der Waals surface area (Å²) in [5, 5.41) is 5.52. The molecular weight excluding hydrogens is 468 g/mol. The van der Waals surface area contributed by atoms with Crippen LogP contribution in [0.3, 0.4) is 0 Å². The van der Waals surface area contributed by atoms with Gasteiger partial charge in [-0.1, -0.05) is 69.9 Å². The zero-order chi connectivity index (χ0) is 25.8. The van der Waals surface area contributed by atoms with Crippen molar-refractivity contribution in [3.63, 3.8) is 0 Å². The number of alkyl carbamates (subject to hydrolysis) is 2. The van der Waals surface area contributed by atoms with Crippen molar-refractivity contribution in [2.45, 2.75) is 89.4 Å². The summed E-state index contributed by atoms with van der Waals surface area (Å²) < 4.78 is 35.1. The van der Waals surface area contributed by atoms with Crippen LogP contribution in [0.15, 0.2) is 30.3 Å². The van der Waals surface area contributed by atoms with Gasteiger partial charge in [0.15, 0.2) is 24.8 Å². The average molecular weight is 509 g/mol. The number of unbranched alkanes of at least 4 members (excludes halogenated alkanes) is 4. The smallest absolute Gasteiger partial charge is 0.407 e. The number of hydrogen-bond donors (Lipinski definition) is 2. The largest absolute Gasteiger partial charge is 0.439 e. The fraction of sp³-hybridized carbons (Fsp3) is 0.692. The molecule has 2 fully saturated rings. The molecule has 0 aliphatic carbocycles. The van der Waals surface area contributed by atoms with Crippen LogP contribution in [0.25, 0.3) is 0 Å². The molecule has 10 heteroatoms. The molecule has 3 rings (SSSR count). The SMILES string of the molecule is CCCCCNC(=O)O[C@@H]1[C@@H](OC(=O)NCCCCC)[C@@H](OC)O[C@@H]2COC(c3ccccc3)O[C@@H]12. The lowest BCUT2D eigenvalue weighted by atomic mass is 9.97. The van der Waals surface area contributed by atoms with Crippen molar-refractivity contribution < 1.29 is 38.0 Å². The number of rotatable bonds is 12. The summed E-state index contributed by atoms with van der Waals surface area (Å²) in [5.41, 5.74) is 0.818. The van der Waals surface area contributed by atoms with Crippen LogP contribution in [0, 0.1) is 0 Å². The zero-order valence-electron chi connectivity index (χ0n) is 21.5. The first-order chi connectivity index (χ1) is 17.6. The van der Waals surface area contributed by atoms with Crippen molar-refractivity contribution in [1.82, 2.24) is 10.6 Å². The summed E-state index contributed by atoms with van der Waals surface area (Å²) in [7, 11) is 1.44. The molecule has 2 heterocycles. The molecule has 0 spiro atoms. The molecule has 2 N–H and O–H groups in total. The maximum absolute atomic E-state index is 12.7. The van der Waals surface area contributed by atoms with Gasteiger partial charge in [0.2, 0.25) is 0 Å². The van der Waals surface area contributed by atoms with Gasteiger partial charge in [0.25, 0.3) is 0 Å². The summed E-state index contributed by atoms with van der Waals surface area (Å²) in [6.45, 7) is 5.33. The molecule has 6 atom stereocenters. The zero-order valence-corrected chi connectivity index (χ0v) is 21.5. The van der Waals surface area contributed by atoms with E-state index < -0.39 is 49.2 Å². The van der Waals surface area contributed by atoms with Gasteiger partial charge in [0.05, 0.1) is 6.61 Å². The summed E-state index contributed by atoms with van der Waals surface area (Å²) in [6.07, 6.45) is -0.502. The molecule has 0 radical (unpaired) electrons. The first-order valence-corrected chi connectivity index (χ1v) is 13.0. The van der Waals surface area contributed by atoms with Gasteiger partial charge in [-0.3, -0.25) is 0 Å². The van der Waals surface area contributed by atoms with Crippen LogP contribution in [-0.2, 0) is 28.4 Å². The highest BCUT2D eigenvalue weighted by atomic mass is 16.8. The number of amides is 2. The Balaban J connectivity index is 1.75. The third-order valence-electron chi connectivity index (χ3n) is 6.17. The van der Waals surface area contributed by atoms with Crippen LogP contribution >= 0.6 is 0 Å². The molecule has 36 heavy (non-hydrogen) atoms. The average Bonchev–Trinajstić information content (AvgIpc) is 2.90. The van der Waals surface area contributed by atoms with Crippen molar-refractivity contribution in [1.29, 1.82) is 0 Å². The Morgan fingerprint density at radius 3 is 2.08 bits per heavy atom. The Morgan fingerprint density at radius 2 is 1.50 bits per heavy atom. The fourth-order valence-electron chi connectivity index (χ4n) is 4.24. The molecule has 2 aliphatic rings. The van der Waals surface area contributed by atoms with Crippen LogP contribution in [0.4, 0.5) is 9.59 Å². The second-order valence-electron chi connectivity index (χ2n) is 8.96. The van der Waals surface area contributed by atoms with Crippen LogP contribution in [-0.4, -0.2) is 69.7 Å². The van der Waals surface area contributed by atoms with E-state index in [1.54, 1.807) is 0 Å². The molecule has 2 aliphatic heterocycles. The van der Waals surface area contributed by atoms with Crippen molar-refractivity contribution >= 4 is 12.2 Å². The minimum absolute atomic E-state index is 0.192. The number of methoxy groups -OCH3 is 1. The van der Waals surface area contributed by atoms with E-state index in [4.69, 9.17) is 28.4 Å². The monoisotopic (exact) mass is 508 g/mol. The van der Waals surface area contributed by atoms with E-state index in [0.717, 1.165) is 44.1 Å². The van der Waals surface area contributed by atoms with E-state index in [9.17, 15) is 9.59 Å². The highest BCUT2D eigenvalue weighted by Crippen LogP contribution is 2.36. The number of nitrogens with one attached hydrogen (secondary N) is 2. The number of ether oxygens (including phenoxy) is 6. The van der Waals surface area contributed by atoms with Crippen LogP contribution in [0.1, 0.15) is 64.2 Å². The molecule has 0 saturated carbocycles. The number of benzene rings is 1. The molecular formula is C26H40N2O8. The Kier molecular flexibility index (Phi) is 11.7. The Morgan fingerprint density at radius 1 is 0.889 bits per heavy atom. The van der Waals surface area contributed by atoms with E-state index in [0.29, 0.717) is 13.1 Å². The summed E-state index contributed by atoms with van der Waals surface area (Å²) in [5.74, 6) is 0. The van der Waals surface area contributed by atoms with Crippen LogP contribution < -0.4 is 10.6 Å². The third kappa shape index (κ3) is 8.06. The third-order valence-corrected chi connectivity index (χ3v) is 6.17. The molecule has 0 aromatic heterocycles. The van der Waals surface area contributed by atoms with Gasteiger partial charge in [0.1, 0.15) is 12.2 Å². The normalized spacial score (nSPS) is 27.5. The topological polar surface area (TPSA) is 114 Å². The van der Waals surface area contributed by atoms with E-state index >= 15 is 0 Å². The van der Waals surface area contributed by atoms with Gasteiger partial charge in [-0.05, 0) is 12.8 Å². The molecule has 10 nitrogen and oxygen atoms in total. The summed E-state index contributed by atoms with van der Waals surface area (Å²) in [6, 6.07) is 9.46. The maximum Gasteiger partial charge on any atom is 0.407 e. The van der Waals surface area contributed by atoms with Crippen molar-refractivity contribution in [2.24, 2.45) is 0 Å². The van der Waals surface area contributed by atoms with Gasteiger partial charge in [-0.2, -0.15) is 0 Å². The van der Waals surface area contributed by atoms with Gasteiger partial charge < -0.3 is 39.1 Å². The van der Waals surface area contributed by atoms with E-state index in [1.165, 1.54) is 7.11 Å². The quantitative estimate of drug-likeness (QED) is 0.407. The van der Waals surface area contributed by atoms with Crippen LogP contribution in [0.2, 0.25) is 0 Å². The Bertz CT molecular complexity index is 795. The molecule has 1 aromatic rings. The van der Waals surface area contributed by atoms with Crippen molar-refractivity contribution in [3.8, 4) is 0 Å². The molecule has 0 bridgehead atoms. The highest BCUT2D eigenvalue weighted by molar-refractivity contribution is 5.68. The predicted octanol–water partition coefficient (Wildman–Crippen LogP) is 4.04. The first-order valence-electron chi connectivity index (χ1n) is 13.0. The molecule has 1 unspecified atom stereocenters. The fourth-order valence-corrected chi connectivity index (χ4v) is 4.24. The molecule has 2 amide bonds. The van der Waals surface area contributed by atoms with Gasteiger partial charge in [-0.15, -0.1) is 0 Å². The lowest BCUT2D eigenvalue weighted by Gasteiger charge is -2.47. The highest BCUT2D eigenvalue weighted by Gasteiger charge is 2.54. The van der Waals surface area contributed by atoms with Gasteiger partial charge in [0, 0.05) is 25.8 Å². The standard InChI is InChI=1S/C26H40N2O8/c1-4-6-11-15-27-25(29)35-21-20-19(17-32-23(34-20)18-13-9-8-10-14-18)33-24(31-3)22(21)36-26(30)28-16-12-7-5-2/h8-10,13-14,19-24H,4-7,11-12,15-17H2,1-3H3,(H,27,29)(H,28,30)/t19-,20-,21+,22-,23?,24+/m1/s1. The molecule has 1 aromatic carbocycles. The predicted molar refractivity (Wildman–Crippen MR) is 131 cm³/mol. The summed E-state index contributed by atoms with van der Waals surface area (Å²) in [4.78, 5) is 25.3. The van der Waals surface area contributed by atoms with Gasteiger partial charge >= 0.3 is 12.2 Å². The number of carbonyl (C=O) groups excluding carboxylic acids is 2. The minimum atomic E-state index is -1.04. The number of carbonyl (C=O) groups is 2. The second kappa shape index (κ2) is 15.0. The van der Waals surface area contributed by atoms with E-state index in [2.05, 4.69) is 24.5 Å². The van der Waals surface area contributed by atoms with Crippen LogP contribution in [0.5, 0.6) is 0 Å². The molecule has 2 saturated heterocycles. The summed E-state index contributed by atoms with van der Waals surface area (Å²) >= 11 is 0. The lowest BCUT2D eigenvalue weighted by molar-refractivity contribution is -0.356. The minimum Gasteiger partial charge on any atom is -0.439 e. The Labute approximate surface area is 213 Å². The second-order valence-corrected chi connectivity index (χ2v) is 8.96. The Hall–Kier alpha value is -2.40. The van der Waals surface area contributed by atoms with E-state index in [1.807, 2.05) is 30.3 Å². The maximum atomic E-state index is 12.7. The van der Waals surface area contributed by atoms with E-state index in [-0.39, 0.29) is 6.61 Å². The lowest BCUT2D eigenvalue weighted by Crippen LogP contribution is -2.64. The van der Waals surface area contributed by atoms with Crippen molar-refractivity contribution in [2.75, 3.05) is 26.8 Å². The number of fused-ring (bicyclic) bond motifs is 1.